The molecule has 1 heterocycles. The van der Waals surface area contributed by atoms with Crippen molar-refractivity contribution in [2.75, 3.05) is 12.4 Å². The highest BCUT2D eigenvalue weighted by atomic mass is 32.9. The number of hydrogen-bond acceptors (Lipinski definition) is 6. The summed E-state index contributed by atoms with van der Waals surface area (Å²) in [6, 6.07) is 11.8. The lowest BCUT2D eigenvalue weighted by atomic mass is 10.3. The van der Waals surface area contributed by atoms with Gasteiger partial charge in [-0.3, -0.25) is 4.79 Å². The molecule has 19 heavy (non-hydrogen) atoms. The Hall–Kier alpha value is -1.11. The van der Waals surface area contributed by atoms with Gasteiger partial charge in [-0.1, -0.05) is 38.9 Å². The topological polar surface area (TPSA) is 38.7 Å². The Kier molecular flexibility index (Phi) is 5.62. The summed E-state index contributed by atoms with van der Waals surface area (Å²) in [6.45, 7) is 2.24. The van der Waals surface area contributed by atoms with Gasteiger partial charge in [-0.05, 0) is 25.1 Å². The maximum Gasteiger partial charge on any atom is 0.316 e. The molecule has 0 fully saturated rings. The molecule has 0 atom stereocenters. The van der Waals surface area contributed by atoms with E-state index in [9.17, 15) is 4.79 Å². The quantitative estimate of drug-likeness (QED) is 0.480. The van der Waals surface area contributed by atoms with E-state index in [2.05, 4.69) is 4.99 Å². The van der Waals surface area contributed by atoms with E-state index < -0.39 is 0 Å². The van der Waals surface area contributed by atoms with Gasteiger partial charge in [0.15, 0.2) is 0 Å². The van der Waals surface area contributed by atoms with Gasteiger partial charge in [0.1, 0.15) is 4.67 Å². The van der Waals surface area contributed by atoms with Crippen LogP contribution in [0.4, 0.5) is 5.69 Å². The van der Waals surface area contributed by atoms with Gasteiger partial charge >= 0.3 is 5.97 Å². The van der Waals surface area contributed by atoms with Gasteiger partial charge in [0.25, 0.3) is 0 Å². The monoisotopic (exact) mass is 311 g/mol. The van der Waals surface area contributed by atoms with Crippen molar-refractivity contribution in [3.63, 3.8) is 0 Å². The molecule has 0 N–H and O–H groups in total. The smallest absolute Gasteiger partial charge is 0.316 e. The average Bonchev–Trinajstić information content (AvgIpc) is 2.86. The number of nitrogens with zero attached hydrogens (tertiary/aromatic N) is 1. The fraction of sp³-hybridized carbons (Fsp3) is 0.231. The summed E-state index contributed by atoms with van der Waals surface area (Å²) in [5.41, 5.74) is 0.943. The standard InChI is InChI=1S/C13H13NO2S3/c1-2-16-12(15)9-17-13-8-11(18-19-13)14-10-6-4-3-5-7-10/h3-8H,2,9H2,1H3. The normalized spacial score (nSPS) is 11.5. The van der Waals surface area contributed by atoms with Gasteiger partial charge in [-0.2, -0.15) is 0 Å². The van der Waals surface area contributed by atoms with Crippen LogP contribution in [0.2, 0.25) is 0 Å². The summed E-state index contributed by atoms with van der Waals surface area (Å²) in [5.74, 6) is 0.179. The van der Waals surface area contributed by atoms with Gasteiger partial charge < -0.3 is 4.74 Å². The van der Waals surface area contributed by atoms with Gasteiger partial charge in [0.05, 0.1) is 22.3 Å². The number of carbonyl (C=O) groups is 1. The van der Waals surface area contributed by atoms with Crippen molar-refractivity contribution in [1.82, 2.24) is 0 Å². The summed E-state index contributed by atoms with van der Waals surface area (Å²) < 4.78 is 6.94. The number of ether oxygens (including phenoxy) is 1. The van der Waals surface area contributed by atoms with E-state index in [1.54, 1.807) is 20.7 Å². The first-order valence-corrected chi connectivity index (χ1v) is 8.90. The van der Waals surface area contributed by atoms with E-state index in [-0.39, 0.29) is 5.97 Å². The molecule has 100 valence electrons. The van der Waals surface area contributed by atoms with E-state index in [4.69, 9.17) is 4.74 Å². The highest BCUT2D eigenvalue weighted by molar-refractivity contribution is 8.03. The highest BCUT2D eigenvalue weighted by Crippen LogP contribution is 2.24. The van der Waals surface area contributed by atoms with E-state index in [0.29, 0.717) is 12.4 Å². The first-order chi connectivity index (χ1) is 9.28. The van der Waals surface area contributed by atoms with Crippen LogP contribution >= 0.6 is 32.4 Å². The van der Waals surface area contributed by atoms with Gasteiger partial charge in [0.2, 0.25) is 0 Å². The maximum absolute atomic E-state index is 11.3. The maximum atomic E-state index is 11.3. The van der Waals surface area contributed by atoms with Crippen molar-refractivity contribution < 1.29 is 9.53 Å². The summed E-state index contributed by atoms with van der Waals surface area (Å²) in [6.07, 6.45) is 0. The Morgan fingerprint density at radius 2 is 2.11 bits per heavy atom. The molecular weight excluding hydrogens is 298 g/mol. The van der Waals surface area contributed by atoms with Crippen molar-refractivity contribution >= 4 is 44.1 Å². The average molecular weight is 311 g/mol. The van der Waals surface area contributed by atoms with E-state index in [0.717, 1.165) is 14.6 Å². The minimum Gasteiger partial charge on any atom is -0.465 e. The Bertz CT molecular complexity index is 589. The van der Waals surface area contributed by atoms with Crippen LogP contribution in [-0.4, -0.2) is 18.3 Å². The Morgan fingerprint density at radius 1 is 1.32 bits per heavy atom. The van der Waals surface area contributed by atoms with Crippen LogP contribution < -0.4 is 4.67 Å². The zero-order valence-electron chi connectivity index (χ0n) is 10.4. The molecule has 0 saturated carbocycles. The van der Waals surface area contributed by atoms with Crippen LogP contribution in [0.3, 0.4) is 0 Å². The largest absolute Gasteiger partial charge is 0.465 e. The number of rotatable bonds is 5. The fourth-order valence-electron chi connectivity index (χ4n) is 1.31. The zero-order valence-corrected chi connectivity index (χ0v) is 12.8. The van der Waals surface area contributed by atoms with Gasteiger partial charge in [-0.15, -0.1) is 11.8 Å². The Balaban J connectivity index is 1.99. The number of esters is 1. The molecule has 0 radical (unpaired) electrons. The van der Waals surface area contributed by atoms with Gasteiger partial charge in [-0.25, -0.2) is 4.99 Å². The second-order valence-electron chi connectivity index (χ2n) is 3.51. The molecule has 0 aliphatic heterocycles. The molecule has 0 bridgehead atoms. The molecular formula is C13H13NO2S3. The molecule has 1 aromatic heterocycles. The molecule has 2 aromatic rings. The minimum absolute atomic E-state index is 0.174. The van der Waals surface area contributed by atoms with Gasteiger partial charge in [0, 0.05) is 0 Å². The molecule has 0 aliphatic carbocycles. The van der Waals surface area contributed by atoms with Crippen molar-refractivity contribution in [3.8, 4) is 0 Å². The molecule has 2 rings (SSSR count). The predicted molar refractivity (Wildman–Crippen MR) is 81.2 cm³/mol. The molecule has 0 unspecified atom stereocenters. The lowest BCUT2D eigenvalue weighted by Gasteiger charge is -1.98. The predicted octanol–water partition coefficient (Wildman–Crippen LogP) is 3.70. The van der Waals surface area contributed by atoms with Crippen LogP contribution in [0.15, 0.2) is 45.6 Å². The van der Waals surface area contributed by atoms with Crippen LogP contribution in [0.25, 0.3) is 0 Å². The SMILES string of the molecule is CCOC(=O)CSc1cc(=Nc2ccccc2)ss1. The molecule has 3 nitrogen and oxygen atoms in total. The van der Waals surface area contributed by atoms with Crippen molar-refractivity contribution in [1.29, 1.82) is 0 Å². The molecule has 1 aromatic carbocycles. The third-order valence-corrected chi connectivity index (χ3v) is 5.83. The van der Waals surface area contributed by atoms with Crippen LogP contribution in [0, 0.1) is 0 Å². The fourth-order valence-corrected chi connectivity index (χ4v) is 4.65. The second-order valence-corrected chi connectivity index (χ2v) is 6.98. The third kappa shape index (κ3) is 4.81. The number of hydrogen-bond donors (Lipinski definition) is 0. The molecule has 0 amide bonds. The molecule has 6 heteroatoms. The second kappa shape index (κ2) is 7.47. The van der Waals surface area contributed by atoms with E-state index >= 15 is 0 Å². The summed E-state index contributed by atoms with van der Waals surface area (Å²) in [5, 5.41) is 0. The van der Waals surface area contributed by atoms with E-state index in [1.807, 2.05) is 43.3 Å². The van der Waals surface area contributed by atoms with Crippen LogP contribution in [-0.2, 0) is 9.53 Å². The minimum atomic E-state index is -0.174. The first-order valence-electron chi connectivity index (χ1n) is 5.76. The summed E-state index contributed by atoms with van der Waals surface area (Å²) >= 11 is 1.49. The van der Waals surface area contributed by atoms with Crippen molar-refractivity contribution in [2.24, 2.45) is 4.99 Å². The van der Waals surface area contributed by atoms with E-state index in [1.165, 1.54) is 11.8 Å². The number of carbonyl (C=O) groups excluding carboxylic acids is 1. The number of thioether (sulfide) groups is 1. The summed E-state index contributed by atoms with van der Waals surface area (Å²) in [7, 11) is 3.24. The number of para-hydroxylation sites is 1. The molecule has 0 spiro atoms. The Morgan fingerprint density at radius 3 is 2.84 bits per heavy atom. The van der Waals surface area contributed by atoms with Crippen LogP contribution in [0.1, 0.15) is 6.92 Å². The molecule has 0 saturated heterocycles. The van der Waals surface area contributed by atoms with Crippen LogP contribution in [0.5, 0.6) is 0 Å². The molecule has 0 aliphatic rings. The highest BCUT2D eigenvalue weighted by Gasteiger charge is 2.04. The lowest BCUT2D eigenvalue weighted by Crippen LogP contribution is -2.06. The first kappa shape index (κ1) is 14.3. The third-order valence-electron chi connectivity index (χ3n) is 2.08. The Labute approximate surface area is 123 Å². The number of benzene rings is 1. The lowest BCUT2D eigenvalue weighted by molar-refractivity contribution is -0.139. The zero-order chi connectivity index (χ0) is 13.5. The summed E-state index contributed by atoms with van der Waals surface area (Å²) in [4.78, 5) is 15.8. The van der Waals surface area contributed by atoms with Crippen molar-refractivity contribution in [2.45, 2.75) is 11.1 Å². The van der Waals surface area contributed by atoms with Crippen molar-refractivity contribution in [3.05, 3.63) is 41.1 Å².